The Morgan fingerprint density at radius 1 is 1.12 bits per heavy atom. The molecule has 1 N–H and O–H groups in total. The minimum atomic E-state index is -0.416. The molecular formula is C25H22ClF2N2O2P. The van der Waals surface area contributed by atoms with E-state index in [0.717, 1.165) is 34.3 Å². The monoisotopic (exact) mass is 486 g/mol. The molecule has 0 bridgehead atoms. The lowest BCUT2D eigenvalue weighted by molar-refractivity contribution is 0.386. The average Bonchev–Trinajstić information content (AvgIpc) is 3.17. The van der Waals surface area contributed by atoms with E-state index in [1.165, 1.54) is 30.9 Å². The van der Waals surface area contributed by atoms with Gasteiger partial charge in [0.05, 0.1) is 13.2 Å². The summed E-state index contributed by atoms with van der Waals surface area (Å²) in [6.45, 7) is 0.705. The number of H-pyrrole nitrogens is 1. The van der Waals surface area contributed by atoms with Crippen molar-refractivity contribution in [2.24, 2.45) is 0 Å². The van der Waals surface area contributed by atoms with Gasteiger partial charge in [0.15, 0.2) is 11.6 Å². The van der Waals surface area contributed by atoms with Crippen molar-refractivity contribution in [3.63, 3.8) is 0 Å². The van der Waals surface area contributed by atoms with Crippen LogP contribution in [0.3, 0.4) is 0 Å². The van der Waals surface area contributed by atoms with Gasteiger partial charge in [-0.2, -0.15) is 0 Å². The summed E-state index contributed by atoms with van der Waals surface area (Å²) >= 11 is 6.24. The smallest absolute Gasteiger partial charge is 0.165 e. The SMILES string of the molecule is COc1ccc(C2c3[nH]c4ccc(Cl)cc4c3CCN2c2ccc(F)cc2)cc1F.O=CP. The van der Waals surface area contributed by atoms with Crippen LogP contribution in [-0.2, 0) is 11.2 Å². The number of benzene rings is 3. The van der Waals surface area contributed by atoms with Gasteiger partial charge in [-0.3, -0.25) is 4.79 Å². The van der Waals surface area contributed by atoms with Crippen molar-refractivity contribution in [1.29, 1.82) is 0 Å². The van der Waals surface area contributed by atoms with Crippen molar-refractivity contribution < 1.29 is 18.3 Å². The number of fused-ring (bicyclic) bond motifs is 3. The second-order valence-electron chi connectivity index (χ2n) is 7.56. The summed E-state index contributed by atoms with van der Waals surface area (Å²) in [6, 6.07) is 17.6. The first-order valence-electron chi connectivity index (χ1n) is 10.3. The molecule has 0 saturated heterocycles. The molecule has 0 aliphatic carbocycles. The normalized spacial score (nSPS) is 14.9. The van der Waals surface area contributed by atoms with Crippen LogP contribution in [-0.4, -0.2) is 24.7 Å². The molecule has 0 fully saturated rings. The predicted octanol–water partition coefficient (Wildman–Crippen LogP) is 6.31. The van der Waals surface area contributed by atoms with E-state index in [9.17, 15) is 8.78 Å². The first-order valence-corrected chi connectivity index (χ1v) is 11.3. The molecule has 0 radical (unpaired) electrons. The second kappa shape index (κ2) is 9.90. The van der Waals surface area contributed by atoms with Crippen LogP contribution in [0.4, 0.5) is 14.5 Å². The van der Waals surface area contributed by atoms with Gasteiger partial charge in [-0.25, -0.2) is 8.78 Å². The molecule has 2 unspecified atom stereocenters. The number of nitrogens with zero attached hydrogens (tertiary/aromatic N) is 1. The first kappa shape index (κ1) is 23.2. The zero-order valence-electron chi connectivity index (χ0n) is 17.8. The van der Waals surface area contributed by atoms with Gasteiger partial charge in [0.1, 0.15) is 11.8 Å². The number of carbonyl (C=O) groups excluding carboxylic acids is 1. The van der Waals surface area contributed by atoms with Crippen molar-refractivity contribution in [2.45, 2.75) is 12.5 Å². The van der Waals surface area contributed by atoms with E-state index in [2.05, 4.69) is 9.88 Å². The number of anilines is 1. The minimum Gasteiger partial charge on any atom is -0.494 e. The van der Waals surface area contributed by atoms with Crippen LogP contribution in [0.25, 0.3) is 10.9 Å². The molecule has 4 aromatic rings. The second-order valence-corrected chi connectivity index (χ2v) is 8.27. The van der Waals surface area contributed by atoms with E-state index in [1.807, 2.05) is 33.5 Å². The van der Waals surface area contributed by atoms with Gasteiger partial charge in [-0.05, 0) is 72.1 Å². The summed E-state index contributed by atoms with van der Waals surface area (Å²) in [6.07, 6.45) is 0.794. The van der Waals surface area contributed by atoms with Crippen LogP contribution < -0.4 is 9.64 Å². The van der Waals surface area contributed by atoms with Crippen LogP contribution >= 0.6 is 20.8 Å². The van der Waals surface area contributed by atoms with Gasteiger partial charge < -0.3 is 14.6 Å². The highest BCUT2D eigenvalue weighted by Crippen LogP contribution is 2.42. The Balaban J connectivity index is 0.000000821. The number of hydrogen-bond donors (Lipinski definition) is 1. The summed E-state index contributed by atoms with van der Waals surface area (Å²) in [5.74, 6) is -0.504. The van der Waals surface area contributed by atoms with Crippen molar-refractivity contribution in [3.8, 4) is 5.75 Å². The molecule has 8 heteroatoms. The Morgan fingerprint density at radius 2 is 1.85 bits per heavy atom. The van der Waals surface area contributed by atoms with E-state index in [0.29, 0.717) is 17.6 Å². The van der Waals surface area contributed by atoms with Gasteiger partial charge in [-0.15, -0.1) is 0 Å². The summed E-state index contributed by atoms with van der Waals surface area (Å²) in [5.41, 5.74) is 4.82. The molecule has 5 rings (SSSR count). The summed E-state index contributed by atoms with van der Waals surface area (Å²) in [5, 5.41) is 1.76. The van der Waals surface area contributed by atoms with Gasteiger partial charge in [0.2, 0.25) is 0 Å². The lowest BCUT2D eigenvalue weighted by Gasteiger charge is -2.38. The number of aromatic nitrogens is 1. The number of hydrogen-bond acceptors (Lipinski definition) is 3. The highest BCUT2D eigenvalue weighted by Gasteiger charge is 2.32. The van der Waals surface area contributed by atoms with E-state index in [1.54, 1.807) is 18.2 Å². The molecule has 0 spiro atoms. The molecule has 3 aromatic carbocycles. The standard InChI is InChI=1S/C24H19ClF2N2O.CH3OP/c1-30-22-9-2-14(12-20(22)27)24-23-18(19-13-15(25)3-8-21(19)28-23)10-11-29(24)17-6-4-16(26)5-7-17;2-1-3/h2-9,12-13,24,28H,10-11H2,1H3;1H,3H2. The van der Waals surface area contributed by atoms with Crippen LogP contribution in [0.2, 0.25) is 5.02 Å². The van der Waals surface area contributed by atoms with Crippen molar-refractivity contribution >= 4 is 43.5 Å². The Labute approximate surface area is 197 Å². The summed E-state index contributed by atoms with van der Waals surface area (Å²) < 4.78 is 33.2. The van der Waals surface area contributed by atoms with Gasteiger partial charge >= 0.3 is 0 Å². The van der Waals surface area contributed by atoms with Crippen molar-refractivity contribution in [3.05, 3.63) is 94.1 Å². The number of nitrogens with one attached hydrogen (secondary N) is 1. The third kappa shape index (κ3) is 4.59. The summed E-state index contributed by atoms with van der Waals surface area (Å²) in [7, 11) is 3.35. The Kier molecular flexibility index (Phi) is 6.96. The summed E-state index contributed by atoms with van der Waals surface area (Å²) in [4.78, 5) is 14.5. The number of ether oxygens (including phenoxy) is 1. The molecule has 4 nitrogen and oxygen atoms in total. The van der Waals surface area contributed by atoms with Crippen molar-refractivity contribution in [1.82, 2.24) is 4.98 Å². The molecule has 2 heterocycles. The number of aromatic amines is 1. The highest BCUT2D eigenvalue weighted by atomic mass is 35.5. The zero-order chi connectivity index (χ0) is 23.5. The maximum absolute atomic E-state index is 14.6. The Morgan fingerprint density at radius 3 is 2.52 bits per heavy atom. The van der Waals surface area contributed by atoms with E-state index < -0.39 is 5.82 Å². The molecule has 2 atom stereocenters. The molecule has 0 amide bonds. The Hall–Kier alpha value is -2.95. The molecule has 33 heavy (non-hydrogen) atoms. The molecule has 1 aliphatic rings. The topological polar surface area (TPSA) is 45.3 Å². The van der Waals surface area contributed by atoms with Crippen LogP contribution in [0.1, 0.15) is 22.9 Å². The zero-order valence-corrected chi connectivity index (χ0v) is 19.7. The quantitative estimate of drug-likeness (QED) is 0.272. The van der Waals surface area contributed by atoms with Crippen molar-refractivity contribution in [2.75, 3.05) is 18.6 Å². The minimum absolute atomic E-state index is 0.201. The highest BCUT2D eigenvalue weighted by molar-refractivity contribution is 7.36. The predicted molar refractivity (Wildman–Crippen MR) is 132 cm³/mol. The molecule has 0 saturated carbocycles. The lowest BCUT2D eigenvalue weighted by atomic mass is 9.91. The third-order valence-electron chi connectivity index (χ3n) is 5.74. The fourth-order valence-corrected chi connectivity index (χ4v) is 4.54. The largest absolute Gasteiger partial charge is 0.494 e. The molecular weight excluding hydrogens is 465 g/mol. The molecule has 1 aliphatic heterocycles. The number of methoxy groups -OCH3 is 1. The maximum atomic E-state index is 14.6. The van der Waals surface area contributed by atoms with Gasteiger partial charge in [0, 0.05) is 33.9 Å². The third-order valence-corrected chi connectivity index (χ3v) is 5.97. The number of rotatable bonds is 3. The molecule has 170 valence electrons. The lowest BCUT2D eigenvalue weighted by Crippen LogP contribution is -2.36. The average molecular weight is 487 g/mol. The van der Waals surface area contributed by atoms with Gasteiger partial charge in [-0.1, -0.05) is 26.9 Å². The Bertz CT molecular complexity index is 1290. The van der Waals surface area contributed by atoms with Crippen LogP contribution in [0, 0.1) is 11.6 Å². The fraction of sp³-hybridized carbons (Fsp3) is 0.160. The van der Waals surface area contributed by atoms with E-state index >= 15 is 0 Å². The van der Waals surface area contributed by atoms with E-state index in [4.69, 9.17) is 21.1 Å². The first-order chi connectivity index (χ1) is 16.0. The molecule has 1 aromatic heterocycles. The van der Waals surface area contributed by atoms with Gasteiger partial charge in [0.25, 0.3) is 0 Å². The van der Waals surface area contributed by atoms with Crippen LogP contribution in [0.15, 0.2) is 60.7 Å². The fourth-order valence-electron chi connectivity index (χ4n) is 4.37. The number of halogens is 3. The van der Waals surface area contributed by atoms with Crippen LogP contribution in [0.5, 0.6) is 5.75 Å². The van der Waals surface area contributed by atoms with E-state index in [-0.39, 0.29) is 17.6 Å². The number of carbonyl (C=O) groups is 1. The maximum Gasteiger partial charge on any atom is 0.165 e.